The van der Waals surface area contributed by atoms with Gasteiger partial charge in [-0.25, -0.2) is 9.97 Å². The molecule has 9 rings (SSSR count). The van der Waals surface area contributed by atoms with Gasteiger partial charge in [-0.1, -0.05) is 141 Å². The number of aromatic nitrogens is 2. The number of rotatable bonds is 4. The molecule has 1 aliphatic heterocycles. The van der Waals surface area contributed by atoms with E-state index >= 15 is 0 Å². The van der Waals surface area contributed by atoms with Crippen LogP contribution < -0.4 is 4.74 Å². The Bertz CT molecular complexity index is 2250. The van der Waals surface area contributed by atoms with E-state index in [2.05, 4.69) is 133 Å². The molecule has 0 amide bonds. The summed E-state index contributed by atoms with van der Waals surface area (Å²) in [6.07, 6.45) is 6.14. The van der Waals surface area contributed by atoms with Gasteiger partial charge in [0.25, 0.3) is 0 Å². The van der Waals surface area contributed by atoms with Crippen molar-refractivity contribution in [1.82, 2.24) is 9.97 Å². The third-order valence-electron chi connectivity index (χ3n) is 10.2. The molecule has 2 aliphatic rings. The lowest BCUT2D eigenvalue weighted by molar-refractivity contribution is 0.306. The monoisotopic (exact) mass is 606 g/mol. The van der Waals surface area contributed by atoms with E-state index in [9.17, 15) is 0 Å². The van der Waals surface area contributed by atoms with Gasteiger partial charge in [-0.15, -0.1) is 0 Å². The Morgan fingerprint density at radius 2 is 1.13 bits per heavy atom. The molecule has 1 aromatic heterocycles. The van der Waals surface area contributed by atoms with Crippen LogP contribution in [0.4, 0.5) is 0 Å². The van der Waals surface area contributed by atoms with Crippen LogP contribution in [0, 0.1) is 0 Å². The van der Waals surface area contributed by atoms with Crippen molar-refractivity contribution in [3.63, 3.8) is 0 Å². The predicted octanol–water partition coefficient (Wildman–Crippen LogP) is 11.7. The molecule has 47 heavy (non-hydrogen) atoms. The molecular formula is C44H34N2O. The van der Waals surface area contributed by atoms with Crippen molar-refractivity contribution < 1.29 is 4.74 Å². The minimum atomic E-state index is 0.0236. The highest BCUT2D eigenvalue weighted by Crippen LogP contribution is 2.55. The number of ether oxygens (including phenoxy) is 1. The van der Waals surface area contributed by atoms with Crippen molar-refractivity contribution in [1.29, 1.82) is 0 Å². The van der Waals surface area contributed by atoms with Crippen LogP contribution >= 0.6 is 0 Å². The molecule has 0 atom stereocenters. The number of nitrogens with zero attached hydrogens (tertiary/aromatic N) is 2. The van der Waals surface area contributed by atoms with E-state index in [1.165, 1.54) is 54.4 Å². The first-order chi connectivity index (χ1) is 23.3. The number of hydrogen-bond donors (Lipinski definition) is 0. The van der Waals surface area contributed by atoms with E-state index in [0.29, 0.717) is 0 Å². The Hall–Kier alpha value is -5.54. The zero-order valence-electron chi connectivity index (χ0n) is 26.2. The van der Waals surface area contributed by atoms with Crippen molar-refractivity contribution in [2.75, 3.05) is 0 Å². The lowest BCUT2D eigenvalue weighted by Gasteiger charge is -2.43. The van der Waals surface area contributed by atoms with Gasteiger partial charge in [0.2, 0.25) is 0 Å². The molecule has 6 aromatic carbocycles. The Labute approximate surface area is 275 Å². The highest BCUT2D eigenvalue weighted by Gasteiger charge is 2.42. The SMILES string of the molecule is c1ccc(-c2nc(-c3ccccc3-c3ccc(-c4ccc5c(c4)C4(CCCCC4)c4ccccc4O5)cc3)nc3ccccc23)cc1. The van der Waals surface area contributed by atoms with Crippen LogP contribution in [0.5, 0.6) is 11.5 Å². The Balaban J connectivity index is 1.10. The van der Waals surface area contributed by atoms with Crippen molar-refractivity contribution >= 4 is 10.9 Å². The molecule has 1 spiro atoms. The van der Waals surface area contributed by atoms with Gasteiger partial charge in [0.15, 0.2) is 5.82 Å². The highest BCUT2D eigenvalue weighted by atomic mass is 16.5. The maximum Gasteiger partial charge on any atom is 0.161 e. The summed E-state index contributed by atoms with van der Waals surface area (Å²) in [7, 11) is 0. The fraction of sp³-hybridized carbons (Fsp3) is 0.136. The summed E-state index contributed by atoms with van der Waals surface area (Å²) in [5, 5.41) is 1.05. The van der Waals surface area contributed by atoms with E-state index in [4.69, 9.17) is 14.7 Å². The fourth-order valence-electron chi connectivity index (χ4n) is 7.87. The molecule has 2 heterocycles. The fourth-order valence-corrected chi connectivity index (χ4v) is 7.87. The smallest absolute Gasteiger partial charge is 0.161 e. The molecule has 226 valence electrons. The largest absolute Gasteiger partial charge is 0.457 e. The Morgan fingerprint density at radius 3 is 1.98 bits per heavy atom. The molecule has 1 aliphatic carbocycles. The topological polar surface area (TPSA) is 35.0 Å². The zero-order chi connectivity index (χ0) is 31.2. The lowest BCUT2D eigenvalue weighted by Crippen LogP contribution is -2.33. The van der Waals surface area contributed by atoms with Gasteiger partial charge in [-0.05, 0) is 59.4 Å². The summed E-state index contributed by atoms with van der Waals surface area (Å²) in [5.74, 6) is 2.75. The third kappa shape index (κ3) is 4.73. The summed E-state index contributed by atoms with van der Waals surface area (Å²) in [5.41, 5.74) is 11.4. The molecule has 0 N–H and O–H groups in total. The first-order valence-corrected chi connectivity index (χ1v) is 16.7. The van der Waals surface area contributed by atoms with Crippen molar-refractivity contribution in [3.8, 4) is 56.4 Å². The second-order valence-electron chi connectivity index (χ2n) is 12.9. The lowest BCUT2D eigenvalue weighted by atomic mass is 9.63. The van der Waals surface area contributed by atoms with E-state index in [1.54, 1.807) is 0 Å². The molecule has 0 radical (unpaired) electrons. The zero-order valence-corrected chi connectivity index (χ0v) is 26.2. The van der Waals surface area contributed by atoms with Crippen LogP contribution in [0.15, 0.2) is 146 Å². The van der Waals surface area contributed by atoms with Gasteiger partial charge in [-0.3, -0.25) is 0 Å². The van der Waals surface area contributed by atoms with E-state index in [1.807, 2.05) is 12.1 Å². The molecule has 7 aromatic rings. The van der Waals surface area contributed by atoms with Gasteiger partial charge >= 0.3 is 0 Å². The second kappa shape index (κ2) is 11.4. The molecule has 0 unspecified atom stereocenters. The number of hydrogen-bond acceptors (Lipinski definition) is 3. The molecular weight excluding hydrogens is 572 g/mol. The predicted molar refractivity (Wildman–Crippen MR) is 192 cm³/mol. The van der Waals surface area contributed by atoms with Gasteiger partial charge in [0.05, 0.1) is 11.2 Å². The van der Waals surface area contributed by atoms with Gasteiger partial charge < -0.3 is 4.74 Å². The normalized spacial score (nSPS) is 14.7. The Kier molecular flexibility index (Phi) is 6.71. The van der Waals surface area contributed by atoms with E-state index in [-0.39, 0.29) is 5.41 Å². The molecule has 1 fully saturated rings. The van der Waals surface area contributed by atoms with E-state index in [0.717, 1.165) is 56.2 Å². The quantitative estimate of drug-likeness (QED) is 0.200. The number of fused-ring (bicyclic) bond motifs is 5. The summed E-state index contributed by atoms with van der Waals surface area (Å²) in [4.78, 5) is 10.2. The van der Waals surface area contributed by atoms with Crippen LogP contribution in [-0.2, 0) is 5.41 Å². The van der Waals surface area contributed by atoms with Crippen molar-refractivity contribution in [2.24, 2.45) is 0 Å². The average Bonchev–Trinajstić information content (AvgIpc) is 3.15. The maximum absolute atomic E-state index is 6.48. The van der Waals surface area contributed by atoms with Gasteiger partial charge in [0.1, 0.15) is 11.5 Å². The van der Waals surface area contributed by atoms with E-state index < -0.39 is 0 Å². The second-order valence-corrected chi connectivity index (χ2v) is 12.9. The van der Waals surface area contributed by atoms with Crippen molar-refractivity contribution in [2.45, 2.75) is 37.5 Å². The third-order valence-corrected chi connectivity index (χ3v) is 10.2. The minimum absolute atomic E-state index is 0.0236. The van der Waals surface area contributed by atoms with Gasteiger partial charge in [0, 0.05) is 33.1 Å². The number of para-hydroxylation sites is 2. The maximum atomic E-state index is 6.48. The van der Waals surface area contributed by atoms with Crippen LogP contribution in [0.1, 0.15) is 43.2 Å². The summed E-state index contributed by atoms with van der Waals surface area (Å²) in [6.45, 7) is 0. The molecule has 3 heteroatoms. The summed E-state index contributed by atoms with van der Waals surface area (Å²) < 4.78 is 6.48. The van der Waals surface area contributed by atoms with Crippen molar-refractivity contribution in [3.05, 3.63) is 157 Å². The first-order valence-electron chi connectivity index (χ1n) is 16.7. The molecule has 0 saturated heterocycles. The van der Waals surface area contributed by atoms with Crippen LogP contribution in [0.3, 0.4) is 0 Å². The number of benzene rings is 6. The standard InChI is InChI=1S/C44H34N2O/c1-3-13-32(14-4-1)42-36-17-7-9-19-39(36)45-43(46-42)35-16-6-5-15-34(35)31-23-21-30(22-24-31)33-25-26-41-38(29-33)44(27-11-2-12-28-44)37-18-8-10-20-40(37)47-41/h1,3-10,13-26,29H,2,11-12,27-28H2. The first kappa shape index (κ1) is 27.7. The van der Waals surface area contributed by atoms with Crippen LogP contribution in [0.25, 0.3) is 55.8 Å². The highest BCUT2D eigenvalue weighted by molar-refractivity contribution is 5.94. The molecule has 0 bridgehead atoms. The minimum Gasteiger partial charge on any atom is -0.457 e. The van der Waals surface area contributed by atoms with Gasteiger partial charge in [-0.2, -0.15) is 0 Å². The summed E-state index contributed by atoms with van der Waals surface area (Å²) >= 11 is 0. The Morgan fingerprint density at radius 1 is 0.468 bits per heavy atom. The average molecular weight is 607 g/mol. The summed E-state index contributed by atoms with van der Waals surface area (Å²) in [6, 6.07) is 51.5. The molecule has 1 saturated carbocycles. The molecule has 3 nitrogen and oxygen atoms in total. The van der Waals surface area contributed by atoms with Crippen LogP contribution in [-0.4, -0.2) is 9.97 Å². The van der Waals surface area contributed by atoms with Crippen LogP contribution in [0.2, 0.25) is 0 Å².